The van der Waals surface area contributed by atoms with Gasteiger partial charge in [0.25, 0.3) is 5.91 Å². The summed E-state index contributed by atoms with van der Waals surface area (Å²) in [5, 5.41) is 13.0. The SMILES string of the molecule is CCN(CC)C1(c2nnnn2C2CCCC2)CCN(C(=O)c2ccccc2)C1. The Balaban J connectivity index is 1.68. The third-order valence-electron chi connectivity index (χ3n) is 6.50. The van der Waals surface area contributed by atoms with Crippen molar-refractivity contribution >= 4 is 5.91 Å². The molecular formula is C21H30N6O. The van der Waals surface area contributed by atoms with Crippen LogP contribution in [0.2, 0.25) is 0 Å². The zero-order chi connectivity index (χ0) is 19.6. The highest BCUT2D eigenvalue weighted by Gasteiger charge is 2.49. The Kier molecular flexibility index (Phi) is 5.44. The van der Waals surface area contributed by atoms with Crippen LogP contribution in [-0.2, 0) is 5.54 Å². The van der Waals surface area contributed by atoms with E-state index in [2.05, 4.69) is 39.0 Å². The summed E-state index contributed by atoms with van der Waals surface area (Å²) >= 11 is 0. The standard InChI is InChI=1S/C21H30N6O/c1-3-26(4-2)21(20-22-23-24-27(20)18-12-8-9-13-18)14-15-25(16-21)19(28)17-10-6-5-7-11-17/h5-7,10-11,18H,3-4,8-9,12-16H2,1-2H3. The number of likely N-dealkylation sites (N-methyl/N-ethyl adjacent to an activating group) is 1. The van der Waals surface area contributed by atoms with Gasteiger partial charge in [-0.1, -0.05) is 44.9 Å². The van der Waals surface area contributed by atoms with Crippen LogP contribution in [0.5, 0.6) is 0 Å². The number of nitrogens with zero attached hydrogens (tertiary/aromatic N) is 6. The molecule has 1 aliphatic heterocycles. The van der Waals surface area contributed by atoms with Gasteiger partial charge < -0.3 is 4.90 Å². The van der Waals surface area contributed by atoms with E-state index in [9.17, 15) is 4.79 Å². The second-order valence-corrected chi connectivity index (χ2v) is 7.93. The van der Waals surface area contributed by atoms with Crippen molar-refractivity contribution in [3.63, 3.8) is 0 Å². The van der Waals surface area contributed by atoms with Crippen molar-refractivity contribution in [3.05, 3.63) is 41.7 Å². The molecule has 0 spiro atoms. The van der Waals surface area contributed by atoms with E-state index in [1.54, 1.807) is 0 Å². The van der Waals surface area contributed by atoms with Crippen molar-refractivity contribution in [3.8, 4) is 0 Å². The number of carbonyl (C=O) groups is 1. The summed E-state index contributed by atoms with van der Waals surface area (Å²) in [6.07, 6.45) is 5.61. The monoisotopic (exact) mass is 382 g/mol. The molecule has 0 radical (unpaired) electrons. The average Bonchev–Trinajstić information content (AvgIpc) is 3.48. The van der Waals surface area contributed by atoms with Crippen LogP contribution >= 0.6 is 0 Å². The Hall–Kier alpha value is -2.28. The van der Waals surface area contributed by atoms with Crippen molar-refractivity contribution in [2.75, 3.05) is 26.2 Å². The smallest absolute Gasteiger partial charge is 0.253 e. The highest BCUT2D eigenvalue weighted by molar-refractivity contribution is 5.94. The zero-order valence-corrected chi connectivity index (χ0v) is 16.9. The molecule has 28 heavy (non-hydrogen) atoms. The van der Waals surface area contributed by atoms with Crippen LogP contribution in [0, 0.1) is 0 Å². The van der Waals surface area contributed by atoms with Gasteiger partial charge >= 0.3 is 0 Å². The molecule has 2 heterocycles. The van der Waals surface area contributed by atoms with E-state index in [0.717, 1.165) is 50.3 Å². The van der Waals surface area contributed by atoms with Crippen molar-refractivity contribution in [2.45, 2.75) is 57.5 Å². The largest absolute Gasteiger partial charge is 0.336 e. The quantitative estimate of drug-likeness (QED) is 0.768. The fourth-order valence-electron chi connectivity index (χ4n) is 5.04. The molecule has 1 unspecified atom stereocenters. The second-order valence-electron chi connectivity index (χ2n) is 7.93. The number of tetrazole rings is 1. The van der Waals surface area contributed by atoms with Gasteiger partial charge in [0.1, 0.15) is 5.54 Å². The third kappa shape index (κ3) is 3.21. The first kappa shape index (κ1) is 19.1. The molecule has 2 aliphatic rings. The molecule has 150 valence electrons. The summed E-state index contributed by atoms with van der Waals surface area (Å²) in [6.45, 7) is 7.52. The highest BCUT2D eigenvalue weighted by Crippen LogP contribution is 2.40. The second kappa shape index (κ2) is 7.99. The number of carbonyl (C=O) groups excluding carboxylic acids is 1. The molecule has 2 aromatic rings. The Morgan fingerprint density at radius 3 is 2.57 bits per heavy atom. The van der Waals surface area contributed by atoms with E-state index in [0.29, 0.717) is 12.6 Å². The molecule has 1 atom stereocenters. The molecule has 1 saturated carbocycles. The van der Waals surface area contributed by atoms with E-state index in [1.807, 2.05) is 35.2 Å². The minimum absolute atomic E-state index is 0.0921. The molecule has 0 bridgehead atoms. The maximum Gasteiger partial charge on any atom is 0.253 e. The van der Waals surface area contributed by atoms with E-state index in [1.165, 1.54) is 12.8 Å². The minimum Gasteiger partial charge on any atom is -0.336 e. The molecule has 1 amide bonds. The minimum atomic E-state index is -0.319. The lowest BCUT2D eigenvalue weighted by Crippen LogP contribution is -2.50. The Morgan fingerprint density at radius 1 is 1.18 bits per heavy atom. The summed E-state index contributed by atoms with van der Waals surface area (Å²) in [6, 6.07) is 9.95. The maximum atomic E-state index is 13.1. The molecule has 1 saturated heterocycles. The molecule has 1 aromatic heterocycles. The molecule has 1 aromatic carbocycles. The van der Waals surface area contributed by atoms with Gasteiger partial charge in [-0.2, -0.15) is 0 Å². The lowest BCUT2D eigenvalue weighted by atomic mass is 9.94. The first-order valence-electron chi connectivity index (χ1n) is 10.6. The van der Waals surface area contributed by atoms with Crippen molar-refractivity contribution in [2.24, 2.45) is 0 Å². The van der Waals surface area contributed by atoms with E-state index < -0.39 is 0 Å². The number of amides is 1. The average molecular weight is 383 g/mol. The fraction of sp³-hybridized carbons (Fsp3) is 0.619. The van der Waals surface area contributed by atoms with Gasteiger partial charge in [0.05, 0.1) is 6.04 Å². The van der Waals surface area contributed by atoms with Gasteiger partial charge in [-0.25, -0.2) is 4.68 Å². The van der Waals surface area contributed by atoms with Crippen molar-refractivity contribution in [1.29, 1.82) is 0 Å². The summed E-state index contributed by atoms with van der Waals surface area (Å²) < 4.78 is 2.07. The predicted octanol–water partition coefficient (Wildman–Crippen LogP) is 2.87. The van der Waals surface area contributed by atoms with Crippen LogP contribution in [0.1, 0.15) is 68.2 Å². The van der Waals surface area contributed by atoms with E-state index in [-0.39, 0.29) is 11.4 Å². The van der Waals surface area contributed by atoms with Gasteiger partial charge in [-0.05, 0) is 54.9 Å². The third-order valence-corrected chi connectivity index (χ3v) is 6.50. The molecular weight excluding hydrogens is 352 g/mol. The summed E-state index contributed by atoms with van der Waals surface area (Å²) in [4.78, 5) is 17.5. The van der Waals surface area contributed by atoms with Crippen molar-refractivity contribution in [1.82, 2.24) is 30.0 Å². The molecule has 4 rings (SSSR count). The summed E-state index contributed by atoms with van der Waals surface area (Å²) in [5.41, 5.74) is 0.424. The van der Waals surface area contributed by atoms with Crippen LogP contribution in [0.15, 0.2) is 30.3 Å². The number of hydrogen-bond acceptors (Lipinski definition) is 5. The van der Waals surface area contributed by atoms with Crippen LogP contribution < -0.4 is 0 Å². The molecule has 7 heteroatoms. The first-order chi connectivity index (χ1) is 13.7. The lowest BCUT2D eigenvalue weighted by Gasteiger charge is -2.39. The van der Waals surface area contributed by atoms with E-state index >= 15 is 0 Å². The zero-order valence-electron chi connectivity index (χ0n) is 16.9. The van der Waals surface area contributed by atoms with Crippen LogP contribution in [0.25, 0.3) is 0 Å². The number of hydrogen-bond donors (Lipinski definition) is 0. The number of benzene rings is 1. The summed E-state index contributed by atoms with van der Waals surface area (Å²) in [5.74, 6) is 1.03. The summed E-state index contributed by atoms with van der Waals surface area (Å²) in [7, 11) is 0. The Bertz CT molecular complexity index is 796. The van der Waals surface area contributed by atoms with Gasteiger partial charge in [-0.15, -0.1) is 5.10 Å². The van der Waals surface area contributed by atoms with Gasteiger partial charge in [0.15, 0.2) is 5.82 Å². The number of likely N-dealkylation sites (tertiary alicyclic amines) is 1. The maximum absolute atomic E-state index is 13.1. The van der Waals surface area contributed by atoms with Crippen LogP contribution in [-0.4, -0.2) is 62.1 Å². The highest BCUT2D eigenvalue weighted by atomic mass is 16.2. The van der Waals surface area contributed by atoms with E-state index in [4.69, 9.17) is 0 Å². The number of rotatable bonds is 6. The predicted molar refractivity (Wildman–Crippen MR) is 107 cm³/mol. The molecule has 2 fully saturated rings. The first-order valence-corrected chi connectivity index (χ1v) is 10.6. The lowest BCUT2D eigenvalue weighted by molar-refractivity contribution is 0.0661. The normalized spacial score (nSPS) is 23.0. The van der Waals surface area contributed by atoms with Gasteiger partial charge in [0.2, 0.25) is 0 Å². The Morgan fingerprint density at radius 2 is 1.89 bits per heavy atom. The molecule has 0 N–H and O–H groups in total. The molecule has 1 aliphatic carbocycles. The Labute approximate surface area is 166 Å². The van der Waals surface area contributed by atoms with Gasteiger partial charge in [0, 0.05) is 18.7 Å². The fourth-order valence-corrected chi connectivity index (χ4v) is 5.04. The number of aromatic nitrogens is 4. The topological polar surface area (TPSA) is 67.2 Å². The van der Waals surface area contributed by atoms with Crippen LogP contribution in [0.3, 0.4) is 0 Å². The van der Waals surface area contributed by atoms with Gasteiger partial charge in [-0.3, -0.25) is 9.69 Å². The van der Waals surface area contributed by atoms with Crippen LogP contribution in [0.4, 0.5) is 0 Å². The molecule has 7 nitrogen and oxygen atoms in total. The van der Waals surface area contributed by atoms with Crippen molar-refractivity contribution < 1.29 is 4.79 Å².